The van der Waals surface area contributed by atoms with Crippen molar-refractivity contribution in [1.82, 2.24) is 9.80 Å². The van der Waals surface area contributed by atoms with Gasteiger partial charge in [-0.05, 0) is 125 Å². The molecule has 0 radical (unpaired) electrons. The Morgan fingerprint density at radius 1 is 0.767 bits per heavy atom. The third-order valence-electron chi connectivity index (χ3n) is 12.6. The van der Waals surface area contributed by atoms with Gasteiger partial charge in [-0.2, -0.15) is 0 Å². The SMILES string of the molecule is CC(C1CCC2(C)C3C=CC4C(C)(C)C(N(C)C)CCC45CC35CCC12C)N(C)C. The standard InChI is InChI=1S/C28H48N2/c1-19(29(6)7)20-12-14-26(5)22-11-10-21-24(2,3)23(30(8)9)13-15-27(21)18-28(22,27)17-16-25(20,26)4/h10-11,19-23H,12-18H2,1-9H3. The van der Waals surface area contributed by atoms with Gasteiger partial charge in [-0.3, -0.25) is 0 Å². The Bertz CT molecular complexity index is 752. The van der Waals surface area contributed by atoms with E-state index in [1.54, 1.807) is 0 Å². The lowest BCUT2D eigenvalue weighted by atomic mass is 9.43. The summed E-state index contributed by atoms with van der Waals surface area (Å²) in [4.78, 5) is 5.01. The fourth-order valence-electron chi connectivity index (χ4n) is 10.7. The lowest BCUT2D eigenvalue weighted by Crippen LogP contribution is -2.58. The maximum absolute atomic E-state index is 2.79. The predicted molar refractivity (Wildman–Crippen MR) is 127 cm³/mol. The largest absolute Gasteiger partial charge is 0.306 e. The molecule has 5 rings (SSSR count). The molecule has 30 heavy (non-hydrogen) atoms. The molecule has 0 bridgehead atoms. The van der Waals surface area contributed by atoms with Crippen LogP contribution >= 0.6 is 0 Å². The van der Waals surface area contributed by atoms with Crippen LogP contribution < -0.4 is 0 Å². The summed E-state index contributed by atoms with van der Waals surface area (Å²) in [7, 11) is 9.20. The Hall–Kier alpha value is -0.340. The Balaban J connectivity index is 1.53. The van der Waals surface area contributed by atoms with Crippen molar-refractivity contribution >= 4 is 0 Å². The average Bonchev–Trinajstić information content (AvgIpc) is 3.23. The molecule has 170 valence electrons. The predicted octanol–water partition coefficient (Wildman–Crippen LogP) is 6.08. The number of fused-ring (bicyclic) bond motifs is 2. The summed E-state index contributed by atoms with van der Waals surface area (Å²) in [5.74, 6) is 2.43. The third kappa shape index (κ3) is 2.24. The first-order valence-corrected chi connectivity index (χ1v) is 12.9. The first-order chi connectivity index (χ1) is 13.9. The van der Waals surface area contributed by atoms with E-state index in [1.165, 1.54) is 44.9 Å². The molecule has 0 heterocycles. The molecule has 9 atom stereocenters. The van der Waals surface area contributed by atoms with Crippen molar-refractivity contribution in [2.75, 3.05) is 28.2 Å². The zero-order chi connectivity index (χ0) is 21.9. The second-order valence-corrected chi connectivity index (χ2v) is 13.9. The molecule has 2 spiro atoms. The summed E-state index contributed by atoms with van der Waals surface area (Å²) in [6.07, 6.45) is 15.7. The van der Waals surface area contributed by atoms with E-state index in [0.29, 0.717) is 39.2 Å². The number of rotatable bonds is 3. The summed E-state index contributed by atoms with van der Waals surface area (Å²) in [5.41, 5.74) is 2.58. The summed E-state index contributed by atoms with van der Waals surface area (Å²) >= 11 is 0. The highest BCUT2D eigenvalue weighted by atomic mass is 15.1. The molecule has 0 aromatic carbocycles. The second-order valence-electron chi connectivity index (χ2n) is 13.9. The molecular formula is C28H48N2. The van der Waals surface area contributed by atoms with Crippen molar-refractivity contribution in [3.63, 3.8) is 0 Å². The summed E-state index contributed by atoms with van der Waals surface area (Å²) in [5, 5.41) is 0. The first kappa shape index (κ1) is 21.5. The topological polar surface area (TPSA) is 6.48 Å². The minimum atomic E-state index is 0.381. The molecule has 9 unspecified atom stereocenters. The van der Waals surface area contributed by atoms with Gasteiger partial charge in [0.15, 0.2) is 0 Å². The van der Waals surface area contributed by atoms with Crippen LogP contribution in [0.25, 0.3) is 0 Å². The maximum Gasteiger partial charge on any atom is 0.0146 e. The molecule has 0 saturated heterocycles. The van der Waals surface area contributed by atoms with Gasteiger partial charge in [0, 0.05) is 12.1 Å². The Morgan fingerprint density at radius 3 is 2.03 bits per heavy atom. The highest BCUT2D eigenvalue weighted by Crippen LogP contribution is 2.87. The van der Waals surface area contributed by atoms with E-state index in [0.717, 1.165) is 17.8 Å². The fraction of sp³-hybridized carbons (Fsp3) is 0.929. The van der Waals surface area contributed by atoms with Gasteiger partial charge in [0.2, 0.25) is 0 Å². The molecule has 2 nitrogen and oxygen atoms in total. The monoisotopic (exact) mass is 412 g/mol. The van der Waals surface area contributed by atoms with Crippen molar-refractivity contribution in [2.45, 2.75) is 91.6 Å². The van der Waals surface area contributed by atoms with Crippen molar-refractivity contribution < 1.29 is 0 Å². The van der Waals surface area contributed by atoms with Crippen molar-refractivity contribution in [2.24, 2.45) is 44.8 Å². The average molecular weight is 413 g/mol. The molecule has 5 aliphatic carbocycles. The quantitative estimate of drug-likeness (QED) is 0.518. The molecule has 2 heteroatoms. The molecule has 4 saturated carbocycles. The Morgan fingerprint density at radius 2 is 1.40 bits per heavy atom. The van der Waals surface area contributed by atoms with Crippen LogP contribution in [-0.4, -0.2) is 50.1 Å². The number of nitrogens with zero attached hydrogens (tertiary/aromatic N) is 2. The van der Waals surface area contributed by atoms with Crippen LogP contribution in [0.4, 0.5) is 0 Å². The Kier molecular flexibility index (Phi) is 4.42. The van der Waals surface area contributed by atoms with Gasteiger partial charge >= 0.3 is 0 Å². The van der Waals surface area contributed by atoms with Gasteiger partial charge in [-0.1, -0.05) is 39.8 Å². The zero-order valence-corrected chi connectivity index (χ0v) is 21.4. The van der Waals surface area contributed by atoms with Gasteiger partial charge in [0.1, 0.15) is 0 Å². The maximum atomic E-state index is 2.79. The van der Waals surface area contributed by atoms with E-state index in [4.69, 9.17) is 0 Å². The van der Waals surface area contributed by atoms with Crippen LogP contribution in [-0.2, 0) is 0 Å². The van der Waals surface area contributed by atoms with Gasteiger partial charge in [-0.15, -0.1) is 0 Å². The zero-order valence-electron chi connectivity index (χ0n) is 21.4. The van der Waals surface area contributed by atoms with E-state index in [2.05, 4.69) is 84.8 Å². The van der Waals surface area contributed by atoms with Crippen molar-refractivity contribution in [3.8, 4) is 0 Å². The normalized spacial score (nSPS) is 54.4. The molecule has 0 aromatic rings. The number of hydrogen-bond acceptors (Lipinski definition) is 2. The van der Waals surface area contributed by atoms with Crippen LogP contribution in [0.2, 0.25) is 0 Å². The second kappa shape index (κ2) is 6.16. The van der Waals surface area contributed by atoms with Crippen LogP contribution in [0.5, 0.6) is 0 Å². The highest BCUT2D eigenvalue weighted by Gasteiger charge is 2.81. The molecular weight excluding hydrogens is 364 g/mol. The van der Waals surface area contributed by atoms with Gasteiger partial charge in [0.25, 0.3) is 0 Å². The van der Waals surface area contributed by atoms with Gasteiger partial charge in [0.05, 0.1) is 0 Å². The number of hydrogen-bond donors (Lipinski definition) is 0. The number of allylic oxidation sites excluding steroid dienone is 2. The van der Waals surface area contributed by atoms with Gasteiger partial charge in [-0.25, -0.2) is 0 Å². The highest BCUT2D eigenvalue weighted by molar-refractivity contribution is 5.37. The van der Waals surface area contributed by atoms with Crippen molar-refractivity contribution in [3.05, 3.63) is 12.2 Å². The summed E-state index contributed by atoms with van der Waals surface area (Å²) < 4.78 is 0. The molecule has 0 N–H and O–H groups in total. The summed E-state index contributed by atoms with van der Waals surface area (Å²) in [6, 6.07) is 1.40. The van der Waals surface area contributed by atoms with Crippen LogP contribution in [0, 0.1) is 44.8 Å². The van der Waals surface area contributed by atoms with E-state index in [-0.39, 0.29) is 0 Å². The van der Waals surface area contributed by atoms with E-state index in [9.17, 15) is 0 Å². The first-order valence-electron chi connectivity index (χ1n) is 12.9. The van der Waals surface area contributed by atoms with E-state index < -0.39 is 0 Å². The summed E-state index contributed by atoms with van der Waals surface area (Å²) in [6.45, 7) is 13.1. The lowest BCUT2D eigenvalue weighted by molar-refractivity contribution is -0.108. The molecule has 0 amide bonds. The minimum Gasteiger partial charge on any atom is -0.306 e. The van der Waals surface area contributed by atoms with Crippen LogP contribution in [0.3, 0.4) is 0 Å². The lowest BCUT2D eigenvalue weighted by Gasteiger charge is -2.62. The fourth-order valence-corrected chi connectivity index (χ4v) is 10.7. The smallest absolute Gasteiger partial charge is 0.0146 e. The van der Waals surface area contributed by atoms with E-state index in [1.807, 2.05) is 0 Å². The third-order valence-corrected chi connectivity index (χ3v) is 12.6. The molecule has 0 aromatic heterocycles. The molecule has 4 fully saturated rings. The van der Waals surface area contributed by atoms with Crippen LogP contribution in [0.1, 0.15) is 79.6 Å². The molecule has 0 aliphatic heterocycles. The van der Waals surface area contributed by atoms with Crippen molar-refractivity contribution in [1.29, 1.82) is 0 Å². The van der Waals surface area contributed by atoms with Gasteiger partial charge < -0.3 is 9.80 Å². The van der Waals surface area contributed by atoms with E-state index >= 15 is 0 Å². The minimum absolute atomic E-state index is 0.381. The molecule has 5 aliphatic rings. The Labute approximate surface area is 186 Å². The van der Waals surface area contributed by atoms with Crippen LogP contribution in [0.15, 0.2) is 12.2 Å².